The number of benzene rings is 2. The van der Waals surface area contributed by atoms with Crippen molar-refractivity contribution in [1.82, 2.24) is 10.6 Å². The van der Waals surface area contributed by atoms with Crippen molar-refractivity contribution >= 4 is 11.8 Å². The van der Waals surface area contributed by atoms with E-state index in [2.05, 4.69) is 22.8 Å². The van der Waals surface area contributed by atoms with Crippen molar-refractivity contribution in [3.63, 3.8) is 0 Å². The van der Waals surface area contributed by atoms with Gasteiger partial charge in [0, 0.05) is 25.1 Å². The van der Waals surface area contributed by atoms with Crippen molar-refractivity contribution in [1.29, 1.82) is 0 Å². The highest BCUT2D eigenvalue weighted by Gasteiger charge is 2.32. The molecule has 2 aromatic rings. The van der Waals surface area contributed by atoms with Crippen LogP contribution in [-0.4, -0.2) is 17.9 Å². The average molecular weight is 336 g/mol. The number of hydrogen-bond donors (Lipinski definition) is 2. The molecule has 0 aliphatic heterocycles. The minimum atomic E-state index is -0.0602. The van der Waals surface area contributed by atoms with E-state index in [1.54, 1.807) is 0 Å². The molecule has 130 valence electrons. The van der Waals surface area contributed by atoms with Crippen molar-refractivity contribution in [2.75, 3.05) is 0 Å². The maximum atomic E-state index is 12.6. The summed E-state index contributed by atoms with van der Waals surface area (Å²) in [5.74, 6) is 0.497. The Labute approximate surface area is 148 Å². The zero-order valence-corrected chi connectivity index (χ0v) is 14.5. The van der Waals surface area contributed by atoms with Crippen LogP contribution in [-0.2, 0) is 17.8 Å². The van der Waals surface area contributed by atoms with Crippen LogP contribution in [0.1, 0.15) is 41.3 Å². The second-order valence-electron chi connectivity index (χ2n) is 6.71. The van der Waals surface area contributed by atoms with Gasteiger partial charge in [-0.25, -0.2) is 0 Å². The van der Waals surface area contributed by atoms with E-state index in [0.29, 0.717) is 18.0 Å². The lowest BCUT2D eigenvalue weighted by molar-refractivity contribution is -0.119. The predicted molar refractivity (Wildman–Crippen MR) is 98.1 cm³/mol. The number of carbonyl (C=O) groups is 2. The van der Waals surface area contributed by atoms with E-state index >= 15 is 0 Å². The van der Waals surface area contributed by atoms with Crippen molar-refractivity contribution in [3.8, 4) is 0 Å². The fourth-order valence-electron chi connectivity index (χ4n) is 2.95. The average Bonchev–Trinajstić information content (AvgIpc) is 3.46. The van der Waals surface area contributed by atoms with Crippen molar-refractivity contribution in [2.24, 2.45) is 5.92 Å². The van der Waals surface area contributed by atoms with Crippen LogP contribution in [0, 0.1) is 5.92 Å². The molecular formula is C21H24N2O2. The van der Waals surface area contributed by atoms with Gasteiger partial charge in [0.05, 0.1) is 0 Å². The second-order valence-corrected chi connectivity index (χ2v) is 6.71. The summed E-state index contributed by atoms with van der Waals surface area (Å²) in [5.41, 5.74) is 2.89. The molecule has 0 radical (unpaired) electrons. The molecule has 2 amide bonds. The maximum Gasteiger partial charge on any atom is 0.251 e. The van der Waals surface area contributed by atoms with Crippen LogP contribution < -0.4 is 10.6 Å². The zero-order chi connectivity index (χ0) is 17.6. The van der Waals surface area contributed by atoms with Gasteiger partial charge in [-0.2, -0.15) is 0 Å². The quantitative estimate of drug-likeness (QED) is 0.816. The van der Waals surface area contributed by atoms with E-state index < -0.39 is 0 Å². The predicted octanol–water partition coefficient (Wildman–Crippen LogP) is 3.07. The third-order valence-electron chi connectivity index (χ3n) is 4.56. The van der Waals surface area contributed by atoms with Gasteiger partial charge in [0.2, 0.25) is 5.91 Å². The Balaban J connectivity index is 1.60. The fourth-order valence-corrected chi connectivity index (χ4v) is 2.95. The zero-order valence-electron chi connectivity index (χ0n) is 14.5. The molecule has 25 heavy (non-hydrogen) atoms. The van der Waals surface area contributed by atoms with E-state index in [1.807, 2.05) is 42.5 Å². The van der Waals surface area contributed by atoms with Crippen molar-refractivity contribution in [3.05, 3.63) is 71.3 Å². The molecule has 2 N–H and O–H groups in total. The fraction of sp³-hybridized carbons (Fsp3) is 0.333. The Morgan fingerprint density at radius 3 is 2.28 bits per heavy atom. The standard InChI is InChI=1S/C21H24N2O2/c1-15(24)22-14-17-7-9-19(10-8-17)21(25)23-20(18-11-12-18)13-16-5-3-2-4-6-16/h2-10,18,20H,11-14H2,1H3,(H,22,24)(H,23,25)/t20-/m0/s1. The molecule has 0 bridgehead atoms. The SMILES string of the molecule is CC(=O)NCc1ccc(C(=O)N[C@@H](Cc2ccccc2)C2CC2)cc1. The van der Waals surface area contributed by atoms with Gasteiger partial charge >= 0.3 is 0 Å². The van der Waals surface area contributed by atoms with E-state index in [1.165, 1.54) is 25.3 Å². The Kier molecular flexibility index (Phi) is 5.49. The molecule has 1 fully saturated rings. The Bertz CT molecular complexity index is 721. The Morgan fingerprint density at radius 1 is 1.00 bits per heavy atom. The first-order valence-electron chi connectivity index (χ1n) is 8.80. The molecule has 0 saturated heterocycles. The third kappa shape index (κ3) is 5.18. The Morgan fingerprint density at radius 2 is 1.68 bits per heavy atom. The highest BCUT2D eigenvalue weighted by Crippen LogP contribution is 2.34. The molecule has 0 unspecified atom stereocenters. The summed E-state index contributed by atoms with van der Waals surface area (Å²) in [4.78, 5) is 23.5. The highest BCUT2D eigenvalue weighted by molar-refractivity contribution is 5.94. The molecule has 1 saturated carbocycles. The summed E-state index contributed by atoms with van der Waals surface area (Å²) < 4.78 is 0. The topological polar surface area (TPSA) is 58.2 Å². The van der Waals surface area contributed by atoms with Crippen LogP contribution in [0.3, 0.4) is 0 Å². The van der Waals surface area contributed by atoms with Crippen LogP contribution in [0.25, 0.3) is 0 Å². The van der Waals surface area contributed by atoms with Gasteiger partial charge in [-0.1, -0.05) is 42.5 Å². The maximum absolute atomic E-state index is 12.6. The van der Waals surface area contributed by atoms with Gasteiger partial charge in [-0.05, 0) is 48.4 Å². The molecule has 1 aliphatic carbocycles. The van der Waals surface area contributed by atoms with E-state index in [4.69, 9.17) is 0 Å². The van der Waals surface area contributed by atoms with Gasteiger partial charge in [-0.3, -0.25) is 9.59 Å². The Hall–Kier alpha value is -2.62. The lowest BCUT2D eigenvalue weighted by Gasteiger charge is -2.18. The highest BCUT2D eigenvalue weighted by atomic mass is 16.2. The lowest BCUT2D eigenvalue weighted by atomic mass is 10.0. The van der Waals surface area contributed by atoms with Crippen LogP contribution in [0.5, 0.6) is 0 Å². The first-order chi connectivity index (χ1) is 12.1. The number of carbonyl (C=O) groups excluding carboxylic acids is 2. The molecule has 3 rings (SSSR count). The number of amides is 2. The van der Waals surface area contributed by atoms with Crippen molar-refractivity contribution in [2.45, 2.75) is 38.8 Å². The molecule has 2 aromatic carbocycles. The lowest BCUT2D eigenvalue weighted by Crippen LogP contribution is -2.38. The summed E-state index contributed by atoms with van der Waals surface area (Å²) in [6, 6.07) is 17.9. The first kappa shape index (κ1) is 17.2. The van der Waals surface area contributed by atoms with Crippen LogP contribution in [0.2, 0.25) is 0 Å². The summed E-state index contributed by atoms with van der Waals surface area (Å²) >= 11 is 0. The molecule has 1 aliphatic rings. The molecular weight excluding hydrogens is 312 g/mol. The molecule has 4 heteroatoms. The van der Waals surface area contributed by atoms with Crippen LogP contribution >= 0.6 is 0 Å². The number of rotatable bonds is 7. The molecule has 0 heterocycles. The largest absolute Gasteiger partial charge is 0.352 e. The van der Waals surface area contributed by atoms with Crippen LogP contribution in [0.15, 0.2) is 54.6 Å². The second kappa shape index (κ2) is 7.97. The smallest absolute Gasteiger partial charge is 0.251 e. The monoisotopic (exact) mass is 336 g/mol. The first-order valence-corrected chi connectivity index (χ1v) is 8.80. The van der Waals surface area contributed by atoms with E-state index in [0.717, 1.165) is 12.0 Å². The number of nitrogens with one attached hydrogen (secondary N) is 2. The molecule has 4 nitrogen and oxygen atoms in total. The molecule has 0 aromatic heterocycles. The van der Waals surface area contributed by atoms with Gasteiger partial charge in [0.1, 0.15) is 0 Å². The summed E-state index contributed by atoms with van der Waals surface area (Å²) in [6.45, 7) is 1.97. The number of hydrogen-bond acceptors (Lipinski definition) is 2. The van der Waals surface area contributed by atoms with Gasteiger partial charge in [-0.15, -0.1) is 0 Å². The van der Waals surface area contributed by atoms with Gasteiger partial charge in [0.15, 0.2) is 0 Å². The summed E-state index contributed by atoms with van der Waals surface area (Å²) in [6.07, 6.45) is 3.25. The normalized spacial score (nSPS) is 14.6. The van der Waals surface area contributed by atoms with Gasteiger partial charge in [0.25, 0.3) is 5.91 Å². The minimum Gasteiger partial charge on any atom is -0.352 e. The minimum absolute atomic E-state index is 0.0288. The van der Waals surface area contributed by atoms with Crippen molar-refractivity contribution < 1.29 is 9.59 Å². The molecule has 0 spiro atoms. The summed E-state index contributed by atoms with van der Waals surface area (Å²) in [5, 5.41) is 5.96. The van der Waals surface area contributed by atoms with E-state index in [9.17, 15) is 9.59 Å². The van der Waals surface area contributed by atoms with Crippen LogP contribution in [0.4, 0.5) is 0 Å². The third-order valence-corrected chi connectivity index (χ3v) is 4.56. The van der Waals surface area contributed by atoms with E-state index in [-0.39, 0.29) is 17.9 Å². The van der Waals surface area contributed by atoms with Gasteiger partial charge < -0.3 is 10.6 Å². The molecule has 1 atom stereocenters. The summed E-state index contributed by atoms with van der Waals surface area (Å²) in [7, 11) is 0.